The summed E-state index contributed by atoms with van der Waals surface area (Å²) in [6.45, 7) is 2.22. The summed E-state index contributed by atoms with van der Waals surface area (Å²) < 4.78 is 36.9. The Morgan fingerprint density at radius 3 is 2.69 bits per heavy atom. The second-order valence-electron chi connectivity index (χ2n) is 9.12. The lowest BCUT2D eigenvalue weighted by atomic mass is 9.84. The Labute approximate surface area is 222 Å². The number of H-pyrrole nitrogens is 1. The van der Waals surface area contributed by atoms with Gasteiger partial charge in [-0.3, -0.25) is 23.7 Å². The minimum atomic E-state index is -4.35. The van der Waals surface area contributed by atoms with Gasteiger partial charge in [-0.1, -0.05) is 36.4 Å². The maximum absolute atomic E-state index is 13.9. The number of rotatable bonds is 9. The van der Waals surface area contributed by atoms with Crippen molar-refractivity contribution in [1.82, 2.24) is 14.6 Å². The summed E-state index contributed by atoms with van der Waals surface area (Å²) in [4.78, 5) is 38.0. The van der Waals surface area contributed by atoms with E-state index in [9.17, 15) is 29.3 Å². The van der Waals surface area contributed by atoms with Gasteiger partial charge in [0.25, 0.3) is 5.56 Å². The van der Waals surface area contributed by atoms with Crippen molar-refractivity contribution in [2.45, 2.75) is 38.3 Å². The molecule has 14 heteroatoms. The number of ether oxygens (including phenoxy) is 2. The number of nitrogens with one attached hydrogen (secondary N) is 2. The van der Waals surface area contributed by atoms with E-state index >= 15 is 0 Å². The molecule has 0 radical (unpaired) electrons. The zero-order chi connectivity index (χ0) is 28.4. The topological polar surface area (TPSA) is 182 Å². The van der Waals surface area contributed by atoms with Gasteiger partial charge in [-0.05, 0) is 25.3 Å². The molecule has 39 heavy (non-hydrogen) atoms. The summed E-state index contributed by atoms with van der Waals surface area (Å²) >= 11 is 0. The summed E-state index contributed by atoms with van der Waals surface area (Å²) in [5.41, 5.74) is -3.14. The van der Waals surface area contributed by atoms with Crippen LogP contribution in [0.25, 0.3) is 10.8 Å². The van der Waals surface area contributed by atoms with Crippen molar-refractivity contribution in [3.05, 3.63) is 75.6 Å². The molecule has 206 valence electrons. The number of methoxy groups -OCH3 is 1. The number of hydrogen-bond donors (Lipinski definition) is 3. The van der Waals surface area contributed by atoms with Gasteiger partial charge in [0.05, 0.1) is 19.8 Å². The smallest absolute Gasteiger partial charge is 0.459 e. The maximum atomic E-state index is 13.9. The Morgan fingerprint density at radius 2 is 2.00 bits per heavy atom. The lowest BCUT2D eigenvalue weighted by Gasteiger charge is -2.26. The number of esters is 1. The van der Waals surface area contributed by atoms with Gasteiger partial charge in [-0.15, -0.1) is 0 Å². The van der Waals surface area contributed by atoms with Crippen molar-refractivity contribution in [2.75, 3.05) is 13.7 Å². The predicted octanol–water partition coefficient (Wildman–Crippen LogP) is 1.83. The molecule has 6 atom stereocenters. The number of carbonyl (C=O) groups is 1. The molecule has 2 heterocycles. The first kappa shape index (κ1) is 28.2. The fourth-order valence-corrected chi connectivity index (χ4v) is 5.79. The average Bonchev–Trinajstić information content (AvgIpc) is 3.17. The van der Waals surface area contributed by atoms with E-state index in [2.05, 4.69) is 10.1 Å². The van der Waals surface area contributed by atoms with Gasteiger partial charge in [0.1, 0.15) is 29.4 Å². The molecular weight excluding hydrogens is 531 g/mol. The monoisotopic (exact) mass is 558 g/mol. The van der Waals surface area contributed by atoms with E-state index in [-0.39, 0.29) is 5.75 Å². The zero-order valence-electron chi connectivity index (χ0n) is 21.3. The van der Waals surface area contributed by atoms with Gasteiger partial charge in [0, 0.05) is 17.6 Å². The summed E-state index contributed by atoms with van der Waals surface area (Å²) in [5.74, 6) is -0.527. The molecule has 13 nitrogen and oxygen atoms in total. The first-order chi connectivity index (χ1) is 18.5. The number of aromatic amines is 1. The molecule has 1 aromatic heterocycles. The molecule has 0 amide bonds. The second kappa shape index (κ2) is 11.1. The van der Waals surface area contributed by atoms with Crippen LogP contribution in [0.3, 0.4) is 0 Å². The number of hydrogen-bond acceptors (Lipinski definition) is 10. The van der Waals surface area contributed by atoms with Gasteiger partial charge >= 0.3 is 19.4 Å². The number of nitrogens with zero attached hydrogens (tertiary/aromatic N) is 2. The van der Waals surface area contributed by atoms with Crippen LogP contribution < -0.4 is 20.9 Å². The molecule has 3 aromatic rings. The molecule has 1 aliphatic heterocycles. The van der Waals surface area contributed by atoms with Crippen molar-refractivity contribution < 1.29 is 33.0 Å². The first-order valence-electron chi connectivity index (χ1n) is 11.8. The van der Waals surface area contributed by atoms with Gasteiger partial charge < -0.3 is 19.1 Å². The minimum absolute atomic E-state index is 0.202. The summed E-state index contributed by atoms with van der Waals surface area (Å²) in [7, 11) is -3.18. The summed E-state index contributed by atoms with van der Waals surface area (Å²) in [6.07, 6.45) is -2.92. The first-order valence-corrected chi connectivity index (χ1v) is 13.4. The average molecular weight is 558 g/mol. The van der Waals surface area contributed by atoms with E-state index in [1.54, 1.807) is 24.3 Å². The van der Waals surface area contributed by atoms with Crippen LogP contribution >= 0.6 is 7.75 Å². The van der Waals surface area contributed by atoms with Crippen LogP contribution in [0.15, 0.2) is 64.3 Å². The van der Waals surface area contributed by atoms with Crippen LogP contribution in [0.4, 0.5) is 0 Å². The van der Waals surface area contributed by atoms with Crippen molar-refractivity contribution in [3.63, 3.8) is 0 Å². The number of aliphatic hydroxyl groups excluding tert-OH is 1. The Bertz CT molecular complexity index is 1580. The maximum Gasteiger partial charge on any atom is 0.459 e. The third kappa shape index (κ3) is 5.66. The molecule has 6 unspecified atom stereocenters. The van der Waals surface area contributed by atoms with Crippen LogP contribution in [0, 0.1) is 16.7 Å². The Morgan fingerprint density at radius 1 is 1.28 bits per heavy atom. The highest BCUT2D eigenvalue weighted by Gasteiger charge is 2.55. The van der Waals surface area contributed by atoms with Crippen molar-refractivity contribution >= 4 is 24.5 Å². The number of fused-ring (bicyclic) bond motifs is 1. The van der Waals surface area contributed by atoms with E-state index in [0.717, 1.165) is 22.2 Å². The van der Waals surface area contributed by atoms with Gasteiger partial charge in [0.2, 0.25) is 0 Å². The molecule has 3 N–H and O–H groups in total. The summed E-state index contributed by atoms with van der Waals surface area (Å²) in [5, 5.41) is 24.8. The molecule has 0 bridgehead atoms. The Hall–Kier alpha value is -3.79. The lowest BCUT2D eigenvalue weighted by molar-refractivity contribution is -0.142. The third-order valence-corrected chi connectivity index (χ3v) is 8.04. The highest BCUT2D eigenvalue weighted by Crippen LogP contribution is 2.49. The van der Waals surface area contributed by atoms with E-state index in [1.807, 2.05) is 24.3 Å². The number of aliphatic hydroxyl groups is 1. The SMILES string of the molecule is COC(=O)C(C)NP(=O)(OCC1OC(n2ccc(=O)[nH]c2=O)C(C)(C#N)C1O)Oc1cccc2ccccc12. The normalized spacial score (nSPS) is 24.9. The van der Waals surface area contributed by atoms with Crippen LogP contribution in [-0.2, 0) is 23.4 Å². The quantitative estimate of drug-likeness (QED) is 0.257. The van der Waals surface area contributed by atoms with Crippen LogP contribution in [0.2, 0.25) is 0 Å². The Balaban J connectivity index is 1.62. The summed E-state index contributed by atoms with van der Waals surface area (Å²) in [6, 6.07) is 14.2. The van der Waals surface area contributed by atoms with E-state index in [4.69, 9.17) is 18.5 Å². The standard InChI is InChI=1S/C25H27N4O9P/c1-15(22(32)35-3)28-39(34,38-18-10-6-8-16-7-4-5-9-17(16)18)36-13-19-21(31)25(2,14-26)23(37-19)29-12-11-20(30)27-24(29)33/h4-12,15,19,21,23,31H,13H2,1-3H3,(H,28,34)(H,27,30,33). The van der Waals surface area contributed by atoms with Crippen LogP contribution in [-0.4, -0.2) is 52.6 Å². The number of aromatic nitrogens is 2. The minimum Gasteiger partial charge on any atom is -0.468 e. The predicted molar refractivity (Wildman–Crippen MR) is 138 cm³/mol. The second-order valence-corrected chi connectivity index (χ2v) is 10.8. The molecule has 2 aromatic carbocycles. The van der Waals surface area contributed by atoms with E-state index in [0.29, 0.717) is 5.39 Å². The Kier molecular flexibility index (Phi) is 8.06. The molecule has 4 rings (SSSR count). The highest BCUT2D eigenvalue weighted by molar-refractivity contribution is 7.52. The molecule has 0 saturated carbocycles. The third-order valence-electron chi connectivity index (χ3n) is 6.41. The van der Waals surface area contributed by atoms with Crippen LogP contribution in [0.5, 0.6) is 5.75 Å². The highest BCUT2D eigenvalue weighted by atomic mass is 31.2. The van der Waals surface area contributed by atoms with Crippen molar-refractivity contribution in [2.24, 2.45) is 5.41 Å². The van der Waals surface area contributed by atoms with E-state index < -0.39 is 61.5 Å². The molecule has 1 saturated heterocycles. The largest absolute Gasteiger partial charge is 0.468 e. The molecule has 0 aliphatic carbocycles. The van der Waals surface area contributed by atoms with Gasteiger partial charge in [0.15, 0.2) is 6.23 Å². The van der Waals surface area contributed by atoms with Crippen LogP contribution in [0.1, 0.15) is 20.1 Å². The van der Waals surface area contributed by atoms with Gasteiger partial charge in [-0.25, -0.2) is 9.36 Å². The number of carbonyl (C=O) groups excluding carboxylic acids is 1. The number of benzene rings is 2. The lowest BCUT2D eigenvalue weighted by Crippen LogP contribution is -2.41. The molecular formula is C25H27N4O9P. The fraction of sp³-hybridized carbons (Fsp3) is 0.360. The van der Waals surface area contributed by atoms with E-state index in [1.165, 1.54) is 21.0 Å². The molecule has 1 fully saturated rings. The number of nitriles is 1. The van der Waals surface area contributed by atoms with Crippen molar-refractivity contribution in [3.8, 4) is 11.8 Å². The van der Waals surface area contributed by atoms with Crippen molar-refractivity contribution in [1.29, 1.82) is 5.26 Å². The molecule has 0 spiro atoms. The van der Waals surface area contributed by atoms with Gasteiger partial charge in [-0.2, -0.15) is 10.3 Å². The molecule has 1 aliphatic rings. The zero-order valence-corrected chi connectivity index (χ0v) is 22.2. The fourth-order valence-electron chi connectivity index (χ4n) is 4.26.